The minimum absolute atomic E-state index is 0.0637. The summed E-state index contributed by atoms with van der Waals surface area (Å²) < 4.78 is 4.92. The van der Waals surface area contributed by atoms with Crippen molar-refractivity contribution in [3.05, 3.63) is 60.4 Å². The lowest BCUT2D eigenvalue weighted by Gasteiger charge is -2.04. The van der Waals surface area contributed by atoms with Crippen LogP contribution in [-0.4, -0.2) is 15.9 Å². The summed E-state index contributed by atoms with van der Waals surface area (Å²) in [6.07, 6.45) is 4.55. The van der Waals surface area contributed by atoms with Gasteiger partial charge in [-0.3, -0.25) is 9.78 Å². The lowest BCUT2D eigenvalue weighted by atomic mass is 10.1. The monoisotopic (exact) mass is 253 g/mol. The van der Waals surface area contributed by atoms with Gasteiger partial charge in [-0.1, -0.05) is 18.2 Å². The summed E-state index contributed by atoms with van der Waals surface area (Å²) >= 11 is 0. The maximum atomic E-state index is 11.7. The molecule has 0 saturated heterocycles. The number of para-hydroxylation sites is 1. The Balaban J connectivity index is 1.73. The third-order valence-corrected chi connectivity index (χ3v) is 2.73. The van der Waals surface area contributed by atoms with Crippen LogP contribution in [0.3, 0.4) is 0 Å². The van der Waals surface area contributed by atoms with Crippen LogP contribution in [0.15, 0.2) is 53.4 Å². The zero-order valence-corrected chi connectivity index (χ0v) is 10.0. The largest absolute Gasteiger partial charge is 0.441 e. The summed E-state index contributed by atoms with van der Waals surface area (Å²) in [7, 11) is 0. The Hall–Kier alpha value is -2.69. The van der Waals surface area contributed by atoms with Crippen molar-refractivity contribution >= 4 is 16.8 Å². The van der Waals surface area contributed by atoms with Gasteiger partial charge in [-0.25, -0.2) is 4.98 Å². The zero-order valence-electron chi connectivity index (χ0n) is 10.0. The minimum atomic E-state index is -0.335. The fraction of sp³-hybridized carbons (Fsp3) is 0.0714. The van der Waals surface area contributed by atoms with Crippen LogP contribution < -0.4 is 5.32 Å². The number of pyridine rings is 1. The Kier molecular flexibility index (Phi) is 2.94. The normalized spacial score (nSPS) is 10.5. The molecular formula is C14H11N3O2. The first-order valence-corrected chi connectivity index (χ1v) is 5.84. The molecule has 0 spiro atoms. The molecule has 0 aliphatic heterocycles. The van der Waals surface area contributed by atoms with E-state index in [2.05, 4.69) is 15.3 Å². The van der Waals surface area contributed by atoms with E-state index in [-0.39, 0.29) is 11.8 Å². The average molecular weight is 253 g/mol. The predicted octanol–water partition coefficient (Wildman–Crippen LogP) is 2.15. The highest BCUT2D eigenvalue weighted by Crippen LogP contribution is 2.12. The molecular weight excluding hydrogens is 242 g/mol. The second-order valence-electron chi connectivity index (χ2n) is 4.06. The summed E-state index contributed by atoms with van der Waals surface area (Å²) in [6, 6.07) is 9.84. The van der Waals surface area contributed by atoms with Gasteiger partial charge in [-0.15, -0.1) is 0 Å². The first kappa shape index (κ1) is 11.4. The van der Waals surface area contributed by atoms with Gasteiger partial charge in [0.05, 0.1) is 11.7 Å². The highest BCUT2D eigenvalue weighted by molar-refractivity contribution is 5.89. The number of oxazole rings is 1. The van der Waals surface area contributed by atoms with Gasteiger partial charge in [0.1, 0.15) is 6.26 Å². The number of nitrogens with one attached hydrogen (secondary N) is 1. The van der Waals surface area contributed by atoms with E-state index in [0.717, 1.165) is 16.5 Å². The molecule has 0 bridgehead atoms. The third-order valence-electron chi connectivity index (χ3n) is 2.73. The van der Waals surface area contributed by atoms with Gasteiger partial charge in [0.2, 0.25) is 0 Å². The molecule has 1 amide bonds. The fourth-order valence-corrected chi connectivity index (χ4v) is 1.81. The zero-order chi connectivity index (χ0) is 13.1. The summed E-state index contributed by atoms with van der Waals surface area (Å²) in [5, 5.41) is 3.78. The molecule has 0 fully saturated rings. The Bertz CT molecular complexity index is 708. The van der Waals surface area contributed by atoms with Crippen LogP contribution in [0.5, 0.6) is 0 Å². The van der Waals surface area contributed by atoms with E-state index in [4.69, 9.17) is 4.42 Å². The number of hydrogen-bond acceptors (Lipinski definition) is 4. The molecule has 0 unspecified atom stereocenters. The number of hydrogen-bond donors (Lipinski definition) is 1. The van der Waals surface area contributed by atoms with Crippen molar-refractivity contribution in [3.8, 4) is 0 Å². The molecule has 3 rings (SSSR count). The molecule has 0 radical (unpaired) electrons. The van der Waals surface area contributed by atoms with E-state index < -0.39 is 0 Å². The topological polar surface area (TPSA) is 68.0 Å². The maximum Gasteiger partial charge on any atom is 0.307 e. The Labute approximate surface area is 109 Å². The van der Waals surface area contributed by atoms with E-state index in [9.17, 15) is 4.79 Å². The van der Waals surface area contributed by atoms with Crippen molar-refractivity contribution in [3.63, 3.8) is 0 Å². The number of amides is 1. The summed E-state index contributed by atoms with van der Waals surface area (Å²) in [5.74, 6) is -0.271. The van der Waals surface area contributed by atoms with Crippen LogP contribution in [0.1, 0.15) is 16.2 Å². The molecule has 1 aromatic carbocycles. The average Bonchev–Trinajstić information content (AvgIpc) is 2.99. The van der Waals surface area contributed by atoms with Crippen molar-refractivity contribution < 1.29 is 9.21 Å². The van der Waals surface area contributed by atoms with Crippen molar-refractivity contribution in [2.75, 3.05) is 0 Å². The lowest BCUT2D eigenvalue weighted by molar-refractivity contribution is 0.0916. The lowest BCUT2D eigenvalue weighted by Crippen LogP contribution is -2.23. The van der Waals surface area contributed by atoms with Crippen molar-refractivity contribution in [2.24, 2.45) is 0 Å². The van der Waals surface area contributed by atoms with Gasteiger partial charge in [-0.05, 0) is 17.7 Å². The molecule has 0 saturated carbocycles. The van der Waals surface area contributed by atoms with Gasteiger partial charge in [-0.2, -0.15) is 0 Å². The number of carbonyl (C=O) groups excluding carboxylic acids is 1. The molecule has 0 aliphatic carbocycles. The first-order chi connectivity index (χ1) is 9.33. The minimum Gasteiger partial charge on any atom is -0.441 e. The highest BCUT2D eigenvalue weighted by Gasteiger charge is 2.09. The van der Waals surface area contributed by atoms with Crippen LogP contribution in [0.4, 0.5) is 0 Å². The number of carbonyl (C=O) groups is 1. The van der Waals surface area contributed by atoms with Gasteiger partial charge < -0.3 is 9.73 Å². The van der Waals surface area contributed by atoms with Crippen molar-refractivity contribution in [1.82, 2.24) is 15.3 Å². The van der Waals surface area contributed by atoms with Crippen LogP contribution >= 0.6 is 0 Å². The van der Waals surface area contributed by atoms with Gasteiger partial charge >= 0.3 is 5.91 Å². The van der Waals surface area contributed by atoms with Gasteiger partial charge in [0.25, 0.3) is 5.89 Å². The molecule has 2 heterocycles. The molecule has 0 aliphatic rings. The smallest absolute Gasteiger partial charge is 0.307 e. The molecule has 2 aromatic heterocycles. The highest BCUT2D eigenvalue weighted by atomic mass is 16.3. The van der Waals surface area contributed by atoms with Crippen molar-refractivity contribution in [2.45, 2.75) is 6.54 Å². The quantitative estimate of drug-likeness (QED) is 0.776. The van der Waals surface area contributed by atoms with E-state index >= 15 is 0 Å². The van der Waals surface area contributed by atoms with Crippen LogP contribution in [0, 0.1) is 0 Å². The van der Waals surface area contributed by atoms with E-state index in [0.29, 0.717) is 6.54 Å². The molecule has 1 N–H and O–H groups in total. The third kappa shape index (κ3) is 2.44. The number of nitrogens with zero attached hydrogens (tertiary/aromatic N) is 2. The molecule has 5 nitrogen and oxygen atoms in total. The maximum absolute atomic E-state index is 11.7. The van der Waals surface area contributed by atoms with E-state index in [1.54, 1.807) is 6.20 Å². The first-order valence-electron chi connectivity index (χ1n) is 5.84. The Morgan fingerprint density at radius 2 is 2.16 bits per heavy atom. The number of benzene rings is 1. The molecule has 5 heteroatoms. The van der Waals surface area contributed by atoms with E-state index in [1.165, 1.54) is 12.5 Å². The number of fused-ring (bicyclic) bond motifs is 1. The standard InChI is InChI=1S/C14H11N3O2/c18-13(14-15-5-6-19-14)17-9-10-7-11-3-1-2-4-12(11)16-8-10/h1-8H,9H2,(H,17,18). The predicted molar refractivity (Wildman–Crippen MR) is 69.4 cm³/mol. The summed E-state index contributed by atoms with van der Waals surface area (Å²) in [5.41, 5.74) is 1.86. The number of rotatable bonds is 3. The Morgan fingerprint density at radius 3 is 3.00 bits per heavy atom. The van der Waals surface area contributed by atoms with Crippen LogP contribution in [0.2, 0.25) is 0 Å². The van der Waals surface area contributed by atoms with Gasteiger partial charge in [0.15, 0.2) is 0 Å². The molecule has 0 atom stereocenters. The van der Waals surface area contributed by atoms with Crippen LogP contribution in [0.25, 0.3) is 10.9 Å². The summed E-state index contributed by atoms with van der Waals surface area (Å²) in [4.78, 5) is 19.8. The second kappa shape index (κ2) is 4.89. The van der Waals surface area contributed by atoms with Gasteiger partial charge in [0, 0.05) is 18.1 Å². The fourth-order valence-electron chi connectivity index (χ4n) is 1.81. The molecule has 3 aromatic rings. The van der Waals surface area contributed by atoms with Crippen LogP contribution in [-0.2, 0) is 6.54 Å². The molecule has 94 valence electrons. The summed E-state index contributed by atoms with van der Waals surface area (Å²) in [6.45, 7) is 0.388. The molecule has 19 heavy (non-hydrogen) atoms. The van der Waals surface area contributed by atoms with Crippen molar-refractivity contribution in [1.29, 1.82) is 0 Å². The second-order valence-corrected chi connectivity index (χ2v) is 4.06. The Morgan fingerprint density at radius 1 is 1.26 bits per heavy atom. The van der Waals surface area contributed by atoms with E-state index in [1.807, 2.05) is 30.3 Å². The number of aromatic nitrogens is 2. The SMILES string of the molecule is O=C(NCc1cnc2ccccc2c1)c1ncco1.